The number of tetrazole rings is 1. The molecule has 0 bridgehead atoms. The molecule has 3 rings (SSSR count). The Morgan fingerprint density at radius 3 is 1.78 bits per heavy atom. The van der Waals surface area contributed by atoms with Gasteiger partial charge in [0.05, 0.1) is 56.7 Å². The molecular formula is C32H72N10O4. The van der Waals surface area contributed by atoms with Crippen molar-refractivity contribution in [1.29, 1.82) is 5.41 Å². The number of hydrogen-bond acceptors (Lipinski definition) is 11. The molecule has 0 atom stereocenters. The Morgan fingerprint density at radius 2 is 1.33 bits per heavy atom. The van der Waals surface area contributed by atoms with Crippen molar-refractivity contribution in [3.63, 3.8) is 0 Å². The first-order valence-electron chi connectivity index (χ1n) is 15.6. The number of rotatable bonds is 16. The summed E-state index contributed by atoms with van der Waals surface area (Å²) in [5, 5.41) is 26.7. The molecule has 46 heavy (non-hydrogen) atoms. The standard InChI is InChI=1S/C10H21NO.C7H13N3O.C6H12N4O.C6H14N2O.3CH4/c1-10(2)12-9-8-11-6-4-3-5-7-11;1-6(2)11-4-3-7-8-5-9-10-7;1-5(2)11-4-3-6-7-9-10-8-6;1-5(2)9-4-3-6(7)8;;;/h10H,3-9H2,1-2H3;5-6H,3-4H2,1-2H3,(H,8,9,10);5H,3-4H2,1-2H3,(H,7,8,9,10);5H,3-4H2,1-2H3,(H3,7,8);3*1H4. The highest BCUT2D eigenvalue weighted by molar-refractivity contribution is 5.76. The average molecular weight is 661 g/mol. The molecular weight excluding hydrogens is 588 g/mol. The van der Waals surface area contributed by atoms with Crippen molar-refractivity contribution in [2.24, 2.45) is 5.73 Å². The predicted molar refractivity (Wildman–Crippen MR) is 189 cm³/mol. The van der Waals surface area contributed by atoms with Crippen LogP contribution in [0, 0.1) is 5.41 Å². The van der Waals surface area contributed by atoms with Gasteiger partial charge in [-0.3, -0.25) is 10.5 Å². The summed E-state index contributed by atoms with van der Waals surface area (Å²) in [6.07, 6.45) is 8.92. The lowest BCUT2D eigenvalue weighted by atomic mass is 10.1. The summed E-state index contributed by atoms with van der Waals surface area (Å²) >= 11 is 0. The molecule has 274 valence electrons. The Bertz CT molecular complexity index is 801. The highest BCUT2D eigenvalue weighted by Crippen LogP contribution is 2.07. The summed E-state index contributed by atoms with van der Waals surface area (Å²) in [4.78, 5) is 6.47. The molecule has 1 aliphatic heterocycles. The maximum atomic E-state index is 6.84. The van der Waals surface area contributed by atoms with Crippen LogP contribution in [0.15, 0.2) is 6.33 Å². The van der Waals surface area contributed by atoms with Crippen molar-refractivity contribution in [2.75, 3.05) is 46.1 Å². The molecule has 0 saturated carbocycles. The number of hydrogen-bond donors (Lipinski definition) is 4. The van der Waals surface area contributed by atoms with Crippen LogP contribution in [-0.2, 0) is 31.8 Å². The molecule has 14 nitrogen and oxygen atoms in total. The Hall–Kier alpha value is -2.52. The van der Waals surface area contributed by atoms with Gasteiger partial charge in [0.15, 0.2) is 5.82 Å². The molecule has 0 amide bonds. The van der Waals surface area contributed by atoms with Gasteiger partial charge in [0.1, 0.15) is 12.2 Å². The summed E-state index contributed by atoms with van der Waals surface area (Å²) in [5.41, 5.74) is 5.08. The van der Waals surface area contributed by atoms with Gasteiger partial charge in [-0.25, -0.2) is 4.98 Å². The van der Waals surface area contributed by atoms with Gasteiger partial charge >= 0.3 is 0 Å². The maximum absolute atomic E-state index is 6.84. The third-order valence-corrected chi connectivity index (χ3v) is 5.55. The fourth-order valence-electron chi connectivity index (χ4n) is 3.42. The Balaban J connectivity index is -0.000000252. The number of likely N-dealkylation sites (tertiary alicyclic amines) is 1. The molecule has 3 heterocycles. The molecule has 0 unspecified atom stereocenters. The molecule has 1 fully saturated rings. The van der Waals surface area contributed by atoms with Gasteiger partial charge in [-0.15, -0.1) is 10.2 Å². The van der Waals surface area contributed by atoms with E-state index in [-0.39, 0.29) is 46.4 Å². The number of nitrogens with zero attached hydrogens (tertiary/aromatic N) is 6. The minimum absolute atomic E-state index is 0. The van der Waals surface area contributed by atoms with Gasteiger partial charge in [-0.1, -0.05) is 33.9 Å². The van der Waals surface area contributed by atoms with E-state index in [0.717, 1.165) is 25.4 Å². The molecule has 2 aromatic rings. The molecule has 2 aromatic heterocycles. The highest BCUT2D eigenvalue weighted by Gasteiger charge is 2.09. The van der Waals surface area contributed by atoms with Crippen LogP contribution < -0.4 is 5.73 Å². The van der Waals surface area contributed by atoms with Gasteiger partial charge in [0, 0.05) is 25.8 Å². The minimum Gasteiger partial charge on any atom is -0.388 e. The minimum atomic E-state index is 0. The van der Waals surface area contributed by atoms with E-state index in [1.54, 1.807) is 0 Å². The van der Waals surface area contributed by atoms with Crippen molar-refractivity contribution in [1.82, 2.24) is 40.7 Å². The van der Waals surface area contributed by atoms with E-state index in [0.29, 0.717) is 44.6 Å². The summed E-state index contributed by atoms with van der Waals surface area (Å²) in [5.74, 6) is 1.77. The summed E-state index contributed by atoms with van der Waals surface area (Å²) in [7, 11) is 0. The molecule has 1 saturated heterocycles. The largest absolute Gasteiger partial charge is 0.388 e. The van der Waals surface area contributed by atoms with Crippen molar-refractivity contribution in [2.45, 2.75) is 141 Å². The molecule has 14 heteroatoms. The second-order valence-corrected chi connectivity index (χ2v) is 11.1. The predicted octanol–water partition coefficient (Wildman–Crippen LogP) is 5.48. The molecule has 0 aromatic carbocycles. The number of aromatic amines is 2. The monoisotopic (exact) mass is 661 g/mol. The first-order valence-corrected chi connectivity index (χ1v) is 15.6. The number of amidine groups is 1. The van der Waals surface area contributed by atoms with Crippen LogP contribution in [0.3, 0.4) is 0 Å². The SMILES string of the molecule is C.C.C.CC(C)OCCC(=N)N.CC(C)OCCN1CCCCC1.CC(C)OCCc1ncn[nH]1.CC(C)OCCc1nn[nH]n1. The number of nitrogens with one attached hydrogen (secondary N) is 3. The molecule has 0 spiro atoms. The number of ether oxygens (including phenoxy) is 4. The first-order chi connectivity index (χ1) is 20.5. The van der Waals surface area contributed by atoms with E-state index >= 15 is 0 Å². The molecule has 1 aliphatic rings. The summed E-state index contributed by atoms with van der Waals surface area (Å²) in [6.45, 7) is 22.6. The van der Waals surface area contributed by atoms with Crippen molar-refractivity contribution >= 4 is 5.84 Å². The lowest BCUT2D eigenvalue weighted by molar-refractivity contribution is 0.0550. The smallest absolute Gasteiger partial charge is 0.176 e. The Kier molecular flexibility index (Phi) is 37.0. The zero-order chi connectivity index (χ0) is 32.3. The van der Waals surface area contributed by atoms with Crippen LogP contribution in [0.5, 0.6) is 0 Å². The third kappa shape index (κ3) is 36.0. The number of aromatic nitrogens is 7. The van der Waals surface area contributed by atoms with Gasteiger partial charge in [-0.05, 0) is 81.3 Å². The normalized spacial score (nSPS) is 12.4. The van der Waals surface area contributed by atoms with E-state index in [1.165, 1.54) is 38.7 Å². The maximum Gasteiger partial charge on any atom is 0.176 e. The third-order valence-electron chi connectivity index (χ3n) is 5.55. The number of piperidine rings is 1. The van der Waals surface area contributed by atoms with Crippen LogP contribution in [-0.4, -0.2) is 117 Å². The summed E-state index contributed by atoms with van der Waals surface area (Å²) in [6, 6.07) is 0. The molecule has 5 N–H and O–H groups in total. The van der Waals surface area contributed by atoms with Crippen LogP contribution in [0.2, 0.25) is 0 Å². The van der Waals surface area contributed by atoms with Crippen LogP contribution in [0.25, 0.3) is 0 Å². The van der Waals surface area contributed by atoms with E-state index in [4.69, 9.17) is 30.1 Å². The highest BCUT2D eigenvalue weighted by atomic mass is 16.5. The van der Waals surface area contributed by atoms with Gasteiger partial charge < -0.3 is 29.6 Å². The molecule has 0 radical (unpaired) electrons. The lowest BCUT2D eigenvalue weighted by Crippen LogP contribution is -2.33. The van der Waals surface area contributed by atoms with E-state index in [1.807, 2.05) is 41.5 Å². The van der Waals surface area contributed by atoms with E-state index in [9.17, 15) is 0 Å². The zero-order valence-corrected chi connectivity index (χ0v) is 28.0. The Morgan fingerprint density at radius 1 is 0.804 bits per heavy atom. The topological polar surface area (TPSA) is 186 Å². The van der Waals surface area contributed by atoms with Gasteiger partial charge in [-0.2, -0.15) is 10.3 Å². The van der Waals surface area contributed by atoms with E-state index in [2.05, 4.69) is 54.6 Å². The number of nitrogens with two attached hydrogens (primary N) is 1. The van der Waals surface area contributed by atoms with Crippen LogP contribution in [0.1, 0.15) is 115 Å². The second kappa shape index (κ2) is 33.8. The quantitative estimate of drug-likeness (QED) is 0.132. The second-order valence-electron chi connectivity index (χ2n) is 11.1. The average Bonchev–Trinajstić information content (AvgIpc) is 3.64. The zero-order valence-electron chi connectivity index (χ0n) is 28.0. The van der Waals surface area contributed by atoms with Gasteiger partial charge in [0.2, 0.25) is 0 Å². The lowest BCUT2D eigenvalue weighted by Gasteiger charge is -2.26. The molecule has 0 aliphatic carbocycles. The Labute approximate surface area is 281 Å². The van der Waals surface area contributed by atoms with Crippen LogP contribution in [0.4, 0.5) is 0 Å². The van der Waals surface area contributed by atoms with Crippen molar-refractivity contribution < 1.29 is 18.9 Å². The van der Waals surface area contributed by atoms with Gasteiger partial charge in [0.25, 0.3) is 0 Å². The number of H-pyrrole nitrogens is 2. The van der Waals surface area contributed by atoms with Crippen LogP contribution >= 0.6 is 0 Å². The fraction of sp³-hybridized carbons (Fsp3) is 0.875. The van der Waals surface area contributed by atoms with E-state index < -0.39 is 0 Å². The first kappa shape index (κ1) is 50.3. The fourth-order valence-corrected chi connectivity index (χ4v) is 3.42. The van der Waals surface area contributed by atoms with Crippen molar-refractivity contribution in [3.8, 4) is 0 Å². The van der Waals surface area contributed by atoms with Crippen molar-refractivity contribution in [3.05, 3.63) is 18.0 Å². The summed E-state index contributed by atoms with van der Waals surface area (Å²) < 4.78 is 21.3.